The number of urea groups is 1. The summed E-state index contributed by atoms with van der Waals surface area (Å²) < 4.78 is 65.1. The first-order valence-electron chi connectivity index (χ1n) is 9.07. The molecule has 0 aliphatic rings. The van der Waals surface area contributed by atoms with Gasteiger partial charge in [-0.15, -0.1) is 0 Å². The number of aromatic nitrogens is 2. The van der Waals surface area contributed by atoms with Crippen LogP contribution in [0.4, 0.5) is 32.4 Å². The van der Waals surface area contributed by atoms with E-state index in [0.717, 1.165) is 6.07 Å². The second kappa shape index (κ2) is 9.01. The van der Waals surface area contributed by atoms with Crippen molar-refractivity contribution in [3.8, 4) is 11.1 Å². The molecule has 5 nitrogen and oxygen atoms in total. The van der Waals surface area contributed by atoms with Crippen LogP contribution in [0.25, 0.3) is 22.0 Å². The highest BCUT2D eigenvalue weighted by Crippen LogP contribution is 2.32. The lowest BCUT2D eigenvalue weighted by atomic mass is 10.0. The summed E-state index contributed by atoms with van der Waals surface area (Å²) in [7, 11) is 0. The quantitative estimate of drug-likeness (QED) is 0.280. The van der Waals surface area contributed by atoms with Crippen molar-refractivity contribution < 1.29 is 26.7 Å². The van der Waals surface area contributed by atoms with Crippen molar-refractivity contribution in [3.05, 3.63) is 52.9 Å². The van der Waals surface area contributed by atoms with Gasteiger partial charge < -0.3 is 10.6 Å². The summed E-state index contributed by atoms with van der Waals surface area (Å²) in [6.07, 6.45) is -4.25. The zero-order chi connectivity index (χ0) is 22.8. The van der Waals surface area contributed by atoms with Gasteiger partial charge in [-0.2, -0.15) is 13.2 Å². The van der Waals surface area contributed by atoms with Crippen LogP contribution in [0.3, 0.4) is 0 Å². The van der Waals surface area contributed by atoms with Crippen LogP contribution in [0.1, 0.15) is 18.5 Å². The number of rotatable bonds is 5. The number of nitrogens with one attached hydrogen (secondary N) is 2. The first-order valence-corrected chi connectivity index (χ1v) is 9.45. The molecule has 1 aromatic carbocycles. The van der Waals surface area contributed by atoms with Gasteiger partial charge in [0, 0.05) is 53.5 Å². The number of fused-ring (bicyclic) bond motifs is 1. The van der Waals surface area contributed by atoms with Crippen LogP contribution >= 0.6 is 11.6 Å². The number of hydrogen-bond acceptors (Lipinski definition) is 3. The topological polar surface area (TPSA) is 66.9 Å². The maximum absolute atomic E-state index is 14.5. The molecule has 11 heteroatoms. The van der Waals surface area contributed by atoms with E-state index in [1.54, 1.807) is 19.1 Å². The fourth-order valence-electron chi connectivity index (χ4n) is 2.92. The lowest BCUT2D eigenvalue weighted by Gasteiger charge is -2.13. The van der Waals surface area contributed by atoms with Crippen LogP contribution in [0.15, 0.2) is 30.5 Å². The number of carbonyl (C=O) groups is 1. The van der Waals surface area contributed by atoms with Crippen LogP contribution in [0.5, 0.6) is 0 Å². The summed E-state index contributed by atoms with van der Waals surface area (Å²) in [5.41, 5.74) is 0.972. The van der Waals surface area contributed by atoms with Gasteiger partial charge in [0.1, 0.15) is 16.8 Å². The van der Waals surface area contributed by atoms with E-state index in [-0.39, 0.29) is 29.4 Å². The smallest absolute Gasteiger partial charge is 0.338 e. The van der Waals surface area contributed by atoms with Crippen molar-refractivity contribution in [2.75, 3.05) is 11.9 Å². The minimum absolute atomic E-state index is 0.0179. The van der Waals surface area contributed by atoms with Crippen molar-refractivity contribution in [1.29, 1.82) is 0 Å². The van der Waals surface area contributed by atoms with Crippen LogP contribution in [-0.4, -0.2) is 28.7 Å². The van der Waals surface area contributed by atoms with E-state index in [1.165, 1.54) is 6.20 Å². The molecule has 0 aliphatic carbocycles. The van der Waals surface area contributed by atoms with Crippen molar-refractivity contribution >= 4 is 34.2 Å². The maximum atomic E-state index is 14.5. The van der Waals surface area contributed by atoms with Gasteiger partial charge >= 0.3 is 12.2 Å². The number of halogens is 6. The Balaban J connectivity index is 1.83. The Bertz CT molecular complexity index is 1140. The van der Waals surface area contributed by atoms with E-state index in [9.17, 15) is 26.7 Å². The van der Waals surface area contributed by atoms with Gasteiger partial charge in [0.15, 0.2) is 0 Å². The van der Waals surface area contributed by atoms with Crippen LogP contribution < -0.4 is 10.6 Å². The molecule has 3 rings (SSSR count). The standard InChI is InChI=1S/C20H16ClF5N4O/c1-10-12(5-11-9-28-18(21)8-16(11)29-10)13-6-17(15(23)7-14(13)22)30-19(31)27-4-2-3-20(24,25)26/h5-9H,2-4H2,1H3,(H2,27,30,31). The third kappa shape index (κ3) is 5.78. The molecule has 2 amide bonds. The minimum atomic E-state index is -4.33. The third-order valence-corrected chi connectivity index (χ3v) is 4.58. The SMILES string of the molecule is Cc1nc2cc(Cl)ncc2cc1-c1cc(NC(=O)NCCCC(F)(F)F)c(F)cc1F. The molecule has 0 unspecified atom stereocenters. The molecule has 2 N–H and O–H groups in total. The van der Waals surface area contributed by atoms with Gasteiger partial charge in [-0.3, -0.25) is 4.98 Å². The van der Waals surface area contributed by atoms with E-state index >= 15 is 0 Å². The molecule has 164 valence electrons. The lowest BCUT2D eigenvalue weighted by molar-refractivity contribution is -0.135. The molecule has 0 radical (unpaired) electrons. The number of amides is 2. The monoisotopic (exact) mass is 458 g/mol. The van der Waals surface area contributed by atoms with Gasteiger partial charge in [-0.05, 0) is 25.5 Å². The van der Waals surface area contributed by atoms with Gasteiger partial charge in [-0.25, -0.2) is 18.6 Å². The summed E-state index contributed by atoms with van der Waals surface area (Å²) in [4.78, 5) is 20.2. The second-order valence-electron chi connectivity index (χ2n) is 6.73. The van der Waals surface area contributed by atoms with E-state index < -0.39 is 30.3 Å². The maximum Gasteiger partial charge on any atom is 0.389 e. The number of alkyl halides is 3. The molecule has 2 heterocycles. The summed E-state index contributed by atoms with van der Waals surface area (Å²) >= 11 is 5.85. The molecule has 0 aliphatic heterocycles. The Morgan fingerprint density at radius 1 is 1.10 bits per heavy atom. The Kier molecular flexibility index (Phi) is 6.59. The largest absolute Gasteiger partial charge is 0.389 e. The molecular formula is C20H16ClF5N4O. The minimum Gasteiger partial charge on any atom is -0.338 e. The Morgan fingerprint density at radius 2 is 1.84 bits per heavy atom. The number of carbonyl (C=O) groups excluding carboxylic acids is 1. The molecule has 0 atom stereocenters. The predicted molar refractivity (Wildman–Crippen MR) is 107 cm³/mol. The van der Waals surface area contributed by atoms with Gasteiger partial charge in [-0.1, -0.05) is 11.6 Å². The third-order valence-electron chi connectivity index (χ3n) is 4.37. The fraction of sp³-hybridized carbons (Fsp3) is 0.250. The second-order valence-corrected chi connectivity index (χ2v) is 7.12. The Labute approximate surface area is 178 Å². The van der Waals surface area contributed by atoms with Gasteiger partial charge in [0.2, 0.25) is 0 Å². The number of anilines is 1. The van der Waals surface area contributed by atoms with Crippen LogP contribution in [0.2, 0.25) is 5.15 Å². The first-order chi connectivity index (χ1) is 14.5. The highest BCUT2D eigenvalue weighted by atomic mass is 35.5. The molecule has 0 saturated heterocycles. The van der Waals surface area contributed by atoms with E-state index in [4.69, 9.17) is 11.6 Å². The summed E-state index contributed by atoms with van der Waals surface area (Å²) in [5, 5.41) is 5.21. The zero-order valence-electron chi connectivity index (χ0n) is 16.1. The Hall–Kier alpha value is -3.01. The number of pyridine rings is 2. The van der Waals surface area contributed by atoms with E-state index in [1.807, 2.05) is 0 Å². The number of benzene rings is 1. The van der Waals surface area contributed by atoms with Gasteiger partial charge in [0.05, 0.1) is 11.2 Å². The van der Waals surface area contributed by atoms with E-state index in [0.29, 0.717) is 28.2 Å². The molecular weight excluding hydrogens is 443 g/mol. The molecule has 0 fully saturated rings. The highest BCUT2D eigenvalue weighted by molar-refractivity contribution is 6.30. The summed E-state index contributed by atoms with van der Waals surface area (Å²) in [5.74, 6) is -1.91. The molecule has 2 aromatic heterocycles. The van der Waals surface area contributed by atoms with Crippen molar-refractivity contribution in [3.63, 3.8) is 0 Å². The first kappa shape index (κ1) is 22.7. The zero-order valence-corrected chi connectivity index (χ0v) is 16.8. The number of hydrogen-bond donors (Lipinski definition) is 2. The van der Waals surface area contributed by atoms with Crippen molar-refractivity contribution in [2.24, 2.45) is 0 Å². The van der Waals surface area contributed by atoms with Crippen molar-refractivity contribution in [2.45, 2.75) is 25.9 Å². The summed E-state index contributed by atoms with van der Waals surface area (Å²) in [6.45, 7) is 1.37. The van der Waals surface area contributed by atoms with Crippen LogP contribution in [0, 0.1) is 18.6 Å². The molecule has 0 bridgehead atoms. The summed E-state index contributed by atoms with van der Waals surface area (Å²) in [6, 6.07) is 3.95. The van der Waals surface area contributed by atoms with E-state index in [2.05, 4.69) is 20.6 Å². The number of nitrogens with zero attached hydrogens (tertiary/aromatic N) is 2. The lowest BCUT2D eigenvalue weighted by Crippen LogP contribution is -2.30. The normalized spacial score (nSPS) is 11.6. The average molecular weight is 459 g/mol. The molecule has 3 aromatic rings. The molecule has 0 saturated carbocycles. The van der Waals surface area contributed by atoms with Crippen molar-refractivity contribution in [1.82, 2.24) is 15.3 Å². The fourth-order valence-corrected chi connectivity index (χ4v) is 3.07. The van der Waals surface area contributed by atoms with Gasteiger partial charge in [0.25, 0.3) is 0 Å². The highest BCUT2D eigenvalue weighted by Gasteiger charge is 2.26. The Morgan fingerprint density at radius 3 is 2.55 bits per heavy atom. The predicted octanol–water partition coefficient (Wildman–Crippen LogP) is 6.00. The molecule has 31 heavy (non-hydrogen) atoms. The number of aryl methyl sites for hydroxylation is 1. The molecule has 0 spiro atoms. The van der Waals surface area contributed by atoms with Crippen LogP contribution in [-0.2, 0) is 0 Å². The average Bonchev–Trinajstić information content (AvgIpc) is 2.66.